The zero-order valence-electron chi connectivity index (χ0n) is 14.2. The highest BCUT2D eigenvalue weighted by Gasteiger charge is 2.33. The summed E-state index contributed by atoms with van der Waals surface area (Å²) in [5.74, 6) is -0.265. The molecule has 0 unspecified atom stereocenters. The summed E-state index contributed by atoms with van der Waals surface area (Å²) < 4.78 is 18.8. The Bertz CT molecular complexity index is 693. The summed E-state index contributed by atoms with van der Waals surface area (Å²) in [6.07, 6.45) is 3.58. The molecule has 5 heteroatoms. The number of hydrogen-bond acceptors (Lipinski definition) is 3. The highest BCUT2D eigenvalue weighted by atomic mass is 32.2. The number of benzene rings is 2. The van der Waals surface area contributed by atoms with Gasteiger partial charge in [-0.25, -0.2) is 9.18 Å². The molecule has 1 heterocycles. The molecule has 3 rings (SSSR count). The first-order valence-electron chi connectivity index (χ1n) is 8.43. The Hall–Kier alpha value is -2.01. The Morgan fingerprint density at radius 1 is 1.20 bits per heavy atom. The summed E-state index contributed by atoms with van der Waals surface area (Å²) >= 11 is 1.82. The van der Waals surface area contributed by atoms with Crippen molar-refractivity contribution in [1.29, 1.82) is 0 Å². The van der Waals surface area contributed by atoms with Crippen molar-refractivity contribution in [2.45, 2.75) is 30.7 Å². The van der Waals surface area contributed by atoms with Gasteiger partial charge in [-0.2, -0.15) is 11.8 Å². The zero-order valence-corrected chi connectivity index (χ0v) is 15.0. The average molecular weight is 359 g/mol. The Labute approximate surface area is 152 Å². The molecule has 0 saturated carbocycles. The van der Waals surface area contributed by atoms with E-state index in [4.69, 9.17) is 4.74 Å². The number of likely N-dealkylation sites (tertiary alicyclic amines) is 1. The van der Waals surface area contributed by atoms with Crippen molar-refractivity contribution in [2.24, 2.45) is 0 Å². The molecule has 1 aliphatic heterocycles. The smallest absolute Gasteiger partial charge is 0.410 e. The first-order chi connectivity index (χ1) is 12.2. The summed E-state index contributed by atoms with van der Waals surface area (Å²) in [6, 6.07) is 16.0. The van der Waals surface area contributed by atoms with Gasteiger partial charge in [0.1, 0.15) is 12.4 Å². The molecule has 25 heavy (non-hydrogen) atoms. The van der Waals surface area contributed by atoms with Crippen LogP contribution in [-0.4, -0.2) is 29.0 Å². The van der Waals surface area contributed by atoms with Gasteiger partial charge in [0.2, 0.25) is 0 Å². The average Bonchev–Trinajstić information content (AvgIpc) is 2.67. The molecule has 2 aromatic rings. The van der Waals surface area contributed by atoms with Gasteiger partial charge in [-0.15, -0.1) is 0 Å². The lowest BCUT2D eigenvalue weighted by atomic mass is 9.95. The molecule has 1 saturated heterocycles. The second-order valence-electron chi connectivity index (χ2n) is 6.18. The maximum atomic E-state index is 13.3. The van der Waals surface area contributed by atoms with Crippen molar-refractivity contribution in [3.8, 4) is 0 Å². The normalized spacial score (nSPS) is 20.3. The lowest BCUT2D eigenvalue weighted by Crippen LogP contribution is -2.42. The first-order valence-corrected chi connectivity index (χ1v) is 9.71. The van der Waals surface area contributed by atoms with Crippen LogP contribution in [0.25, 0.3) is 0 Å². The van der Waals surface area contributed by atoms with E-state index in [9.17, 15) is 9.18 Å². The lowest BCUT2D eigenvalue weighted by Gasteiger charge is -2.38. The van der Waals surface area contributed by atoms with Crippen LogP contribution in [0.3, 0.4) is 0 Å². The molecule has 3 nitrogen and oxygen atoms in total. The van der Waals surface area contributed by atoms with E-state index in [0.717, 1.165) is 24.0 Å². The van der Waals surface area contributed by atoms with E-state index in [-0.39, 0.29) is 24.6 Å². The van der Waals surface area contributed by atoms with Crippen LogP contribution in [0.5, 0.6) is 0 Å². The van der Waals surface area contributed by atoms with Crippen LogP contribution in [-0.2, 0) is 11.3 Å². The van der Waals surface area contributed by atoms with Gasteiger partial charge in [0.25, 0.3) is 0 Å². The van der Waals surface area contributed by atoms with Gasteiger partial charge in [-0.05, 0) is 42.4 Å². The molecule has 2 atom stereocenters. The highest BCUT2D eigenvalue weighted by Crippen LogP contribution is 2.36. The molecule has 0 radical (unpaired) electrons. The van der Waals surface area contributed by atoms with Gasteiger partial charge in [-0.1, -0.05) is 42.5 Å². The fourth-order valence-corrected chi connectivity index (χ4v) is 3.88. The van der Waals surface area contributed by atoms with Crippen LogP contribution in [0, 0.1) is 5.82 Å². The zero-order chi connectivity index (χ0) is 17.6. The topological polar surface area (TPSA) is 29.5 Å². The van der Waals surface area contributed by atoms with Crippen LogP contribution < -0.4 is 0 Å². The second-order valence-corrected chi connectivity index (χ2v) is 7.32. The lowest BCUT2D eigenvalue weighted by molar-refractivity contribution is 0.0690. The number of carbonyl (C=O) groups is 1. The third-order valence-corrected chi connectivity index (χ3v) is 5.68. The maximum absolute atomic E-state index is 13.3. The largest absolute Gasteiger partial charge is 0.445 e. The van der Waals surface area contributed by atoms with E-state index >= 15 is 0 Å². The molecule has 0 N–H and O–H groups in total. The van der Waals surface area contributed by atoms with Crippen LogP contribution in [0.2, 0.25) is 0 Å². The Morgan fingerprint density at radius 3 is 2.60 bits per heavy atom. The SMILES string of the molecule is CS[C@H]1CCN(C(=O)OCc2ccccc2)[C@@H](c2ccc(F)cc2)C1. The molecule has 0 bridgehead atoms. The number of rotatable bonds is 4. The Morgan fingerprint density at radius 2 is 1.92 bits per heavy atom. The summed E-state index contributed by atoms with van der Waals surface area (Å²) in [5.41, 5.74) is 1.92. The van der Waals surface area contributed by atoms with E-state index in [0.29, 0.717) is 11.8 Å². The van der Waals surface area contributed by atoms with Crippen molar-refractivity contribution in [2.75, 3.05) is 12.8 Å². The molecule has 0 aliphatic carbocycles. The van der Waals surface area contributed by atoms with Crippen molar-refractivity contribution in [3.63, 3.8) is 0 Å². The van der Waals surface area contributed by atoms with E-state index in [1.54, 1.807) is 17.0 Å². The fourth-order valence-electron chi connectivity index (χ4n) is 3.17. The van der Waals surface area contributed by atoms with Crippen molar-refractivity contribution in [1.82, 2.24) is 4.90 Å². The third-order valence-electron chi connectivity index (χ3n) is 4.58. The minimum Gasteiger partial charge on any atom is -0.445 e. The van der Waals surface area contributed by atoms with Crippen LogP contribution >= 0.6 is 11.8 Å². The minimum absolute atomic E-state index is 0.0740. The number of carbonyl (C=O) groups excluding carboxylic acids is 1. The molecule has 0 spiro atoms. The fraction of sp³-hybridized carbons (Fsp3) is 0.350. The van der Waals surface area contributed by atoms with E-state index < -0.39 is 0 Å². The third kappa shape index (κ3) is 4.54. The number of nitrogens with zero attached hydrogens (tertiary/aromatic N) is 1. The minimum atomic E-state index is -0.308. The second kappa shape index (κ2) is 8.39. The Balaban J connectivity index is 1.72. The van der Waals surface area contributed by atoms with E-state index in [1.807, 2.05) is 42.1 Å². The number of hydrogen-bond donors (Lipinski definition) is 0. The van der Waals surface area contributed by atoms with Crippen LogP contribution in [0.4, 0.5) is 9.18 Å². The Kier molecular flexibility index (Phi) is 5.97. The number of amides is 1. The van der Waals surface area contributed by atoms with Gasteiger partial charge in [0.05, 0.1) is 6.04 Å². The predicted octanol–water partition coefficient (Wildman–Crippen LogP) is 5.03. The number of piperidine rings is 1. The number of thioether (sulfide) groups is 1. The molecule has 1 fully saturated rings. The molecule has 1 amide bonds. The molecular formula is C20H22FNO2S. The summed E-state index contributed by atoms with van der Waals surface area (Å²) in [7, 11) is 0. The van der Waals surface area contributed by atoms with Crippen molar-refractivity contribution < 1.29 is 13.9 Å². The predicted molar refractivity (Wildman–Crippen MR) is 99.0 cm³/mol. The van der Waals surface area contributed by atoms with E-state index in [1.165, 1.54) is 12.1 Å². The summed E-state index contributed by atoms with van der Waals surface area (Å²) in [5, 5.41) is 0.494. The van der Waals surface area contributed by atoms with Gasteiger partial charge in [-0.3, -0.25) is 0 Å². The quantitative estimate of drug-likeness (QED) is 0.767. The first kappa shape index (κ1) is 17.8. The number of halogens is 1. The van der Waals surface area contributed by atoms with E-state index in [2.05, 4.69) is 6.26 Å². The van der Waals surface area contributed by atoms with Crippen molar-refractivity contribution in [3.05, 3.63) is 71.5 Å². The molecular weight excluding hydrogens is 337 g/mol. The van der Waals surface area contributed by atoms with Gasteiger partial charge < -0.3 is 9.64 Å². The maximum Gasteiger partial charge on any atom is 0.410 e. The standard InChI is InChI=1S/C20H22FNO2S/c1-25-18-11-12-22(19(13-18)16-7-9-17(21)10-8-16)20(23)24-14-15-5-3-2-4-6-15/h2-10,18-19H,11-14H2,1H3/t18-,19+/m0/s1. The van der Waals surface area contributed by atoms with Gasteiger partial charge in [0.15, 0.2) is 0 Å². The molecule has 1 aliphatic rings. The molecule has 132 valence electrons. The number of ether oxygens (including phenoxy) is 1. The van der Waals surface area contributed by atoms with Gasteiger partial charge in [0, 0.05) is 11.8 Å². The van der Waals surface area contributed by atoms with Crippen LogP contribution in [0.15, 0.2) is 54.6 Å². The molecule has 0 aromatic heterocycles. The summed E-state index contributed by atoms with van der Waals surface area (Å²) in [6.45, 7) is 0.916. The highest BCUT2D eigenvalue weighted by molar-refractivity contribution is 7.99. The molecule has 2 aromatic carbocycles. The van der Waals surface area contributed by atoms with Gasteiger partial charge >= 0.3 is 6.09 Å². The van der Waals surface area contributed by atoms with Crippen LogP contribution in [0.1, 0.15) is 30.0 Å². The van der Waals surface area contributed by atoms with Crippen molar-refractivity contribution >= 4 is 17.9 Å². The summed E-state index contributed by atoms with van der Waals surface area (Å²) in [4.78, 5) is 14.4. The monoisotopic (exact) mass is 359 g/mol.